The Morgan fingerprint density at radius 3 is 2.31 bits per heavy atom. The van der Waals surface area contributed by atoms with E-state index in [1.807, 2.05) is 37.3 Å². The summed E-state index contributed by atoms with van der Waals surface area (Å²) in [6, 6.07) is 10.6. The molecule has 1 aromatic carbocycles. The second-order valence-electron chi connectivity index (χ2n) is 11.1. The van der Waals surface area contributed by atoms with Gasteiger partial charge >= 0.3 is 0 Å². The van der Waals surface area contributed by atoms with Gasteiger partial charge in [0, 0.05) is 49.9 Å². The van der Waals surface area contributed by atoms with Gasteiger partial charge in [0.2, 0.25) is 11.8 Å². The molecule has 2 atom stereocenters. The molecule has 1 N–H and O–H groups in total. The second-order valence-corrected chi connectivity index (χ2v) is 11.1. The number of carbonyl (C=O) groups excluding carboxylic acids is 1. The summed E-state index contributed by atoms with van der Waals surface area (Å²) < 4.78 is 29.5. The van der Waals surface area contributed by atoms with Crippen molar-refractivity contribution in [2.75, 3.05) is 13.1 Å². The predicted molar refractivity (Wildman–Crippen MR) is 137 cm³/mol. The van der Waals surface area contributed by atoms with Gasteiger partial charge in [-0.1, -0.05) is 44.2 Å². The Kier molecular flexibility index (Phi) is 8.43. The summed E-state index contributed by atoms with van der Waals surface area (Å²) in [6.07, 6.45) is 2.98. The van der Waals surface area contributed by atoms with Crippen molar-refractivity contribution in [3.8, 4) is 0 Å². The molecule has 1 aliphatic heterocycles. The number of benzene rings is 1. The van der Waals surface area contributed by atoms with E-state index in [1.165, 1.54) is 0 Å². The minimum atomic E-state index is -2.63. The van der Waals surface area contributed by atoms with Crippen LogP contribution >= 0.6 is 0 Å². The number of halogens is 2. The minimum Gasteiger partial charge on any atom is -0.349 e. The van der Waals surface area contributed by atoms with Gasteiger partial charge in [0.25, 0.3) is 0 Å². The van der Waals surface area contributed by atoms with E-state index in [1.54, 1.807) is 0 Å². The van der Waals surface area contributed by atoms with Crippen molar-refractivity contribution in [3.05, 3.63) is 47.5 Å². The van der Waals surface area contributed by atoms with Crippen molar-refractivity contribution in [1.82, 2.24) is 25.0 Å². The van der Waals surface area contributed by atoms with E-state index in [0.29, 0.717) is 12.0 Å². The number of hydrogen-bond acceptors (Lipinski definition) is 4. The van der Waals surface area contributed by atoms with Crippen LogP contribution in [0.5, 0.6) is 0 Å². The number of likely N-dealkylation sites (tertiary alicyclic amines) is 1. The monoisotopic (exact) mass is 501 g/mol. The van der Waals surface area contributed by atoms with Gasteiger partial charge in [-0.2, -0.15) is 0 Å². The van der Waals surface area contributed by atoms with Crippen molar-refractivity contribution < 1.29 is 13.6 Å². The highest BCUT2D eigenvalue weighted by atomic mass is 19.3. The maximum Gasteiger partial charge on any atom is 0.248 e. The number of amides is 1. The van der Waals surface area contributed by atoms with Crippen molar-refractivity contribution in [3.63, 3.8) is 0 Å². The van der Waals surface area contributed by atoms with Gasteiger partial charge in [-0.25, -0.2) is 8.78 Å². The van der Waals surface area contributed by atoms with E-state index in [2.05, 4.69) is 45.8 Å². The molecule has 36 heavy (non-hydrogen) atoms. The Bertz CT molecular complexity index is 991. The molecule has 1 saturated heterocycles. The lowest BCUT2D eigenvalue weighted by Crippen LogP contribution is -2.44. The van der Waals surface area contributed by atoms with Crippen LogP contribution in [0.4, 0.5) is 8.78 Å². The van der Waals surface area contributed by atoms with Crippen molar-refractivity contribution in [2.24, 2.45) is 5.92 Å². The van der Waals surface area contributed by atoms with Crippen LogP contribution in [0.15, 0.2) is 30.3 Å². The summed E-state index contributed by atoms with van der Waals surface area (Å²) in [5.41, 5.74) is 1.07. The molecule has 2 fully saturated rings. The zero-order valence-corrected chi connectivity index (χ0v) is 22.1. The van der Waals surface area contributed by atoms with E-state index in [-0.39, 0.29) is 49.6 Å². The molecule has 1 aliphatic carbocycles. The van der Waals surface area contributed by atoms with E-state index in [4.69, 9.17) is 0 Å². The van der Waals surface area contributed by atoms with Gasteiger partial charge in [-0.05, 0) is 51.5 Å². The minimum absolute atomic E-state index is 0.0884. The lowest BCUT2D eigenvalue weighted by molar-refractivity contribution is -0.130. The van der Waals surface area contributed by atoms with Crippen LogP contribution in [0, 0.1) is 12.8 Å². The van der Waals surface area contributed by atoms with Crippen LogP contribution in [0.1, 0.15) is 101 Å². The third-order valence-corrected chi connectivity index (χ3v) is 8.08. The average molecular weight is 502 g/mol. The first-order chi connectivity index (χ1) is 17.1. The molecule has 1 unspecified atom stereocenters. The number of aromatic nitrogens is 3. The number of carbonyl (C=O) groups is 1. The van der Waals surface area contributed by atoms with Gasteiger partial charge in [0.05, 0.1) is 6.04 Å². The van der Waals surface area contributed by atoms with Crippen molar-refractivity contribution >= 4 is 5.91 Å². The molecule has 0 bridgehead atoms. The number of nitrogens with one attached hydrogen (secondary N) is 1. The average Bonchev–Trinajstić information content (AvgIpc) is 3.25. The standard InChI is InChI=1S/C28H41F2N5O/c1-19(2)26-33-32-21(4)35(26)24-12-16-34(17-13-24)20(3)18-25(22-8-6-5-7-9-22)31-27(36)23-10-14-28(29,30)15-11-23/h5-9,19-20,23-25H,10-18H2,1-4H3,(H,31,36)/t20?,25-/m0/s1. The molecule has 2 aliphatic rings. The van der Waals surface area contributed by atoms with E-state index >= 15 is 0 Å². The lowest BCUT2D eigenvalue weighted by atomic mass is 9.85. The molecule has 0 spiro atoms. The molecule has 1 aromatic heterocycles. The molecule has 4 rings (SSSR count). The molecule has 1 amide bonds. The fourth-order valence-electron chi connectivity index (χ4n) is 5.86. The van der Waals surface area contributed by atoms with Crippen LogP contribution in [0.25, 0.3) is 0 Å². The summed E-state index contributed by atoms with van der Waals surface area (Å²) >= 11 is 0. The van der Waals surface area contributed by atoms with Crippen LogP contribution in [0.2, 0.25) is 0 Å². The summed E-state index contributed by atoms with van der Waals surface area (Å²) in [5, 5.41) is 12.0. The van der Waals surface area contributed by atoms with Crippen LogP contribution < -0.4 is 5.32 Å². The highest BCUT2D eigenvalue weighted by Gasteiger charge is 2.38. The number of aryl methyl sites for hydroxylation is 1. The number of rotatable bonds is 8. The van der Waals surface area contributed by atoms with Crippen LogP contribution in [-0.4, -0.2) is 50.6 Å². The molecule has 1 saturated carbocycles. The van der Waals surface area contributed by atoms with Gasteiger partial charge in [-0.3, -0.25) is 4.79 Å². The fourth-order valence-corrected chi connectivity index (χ4v) is 5.86. The molecule has 6 nitrogen and oxygen atoms in total. The Labute approximate surface area is 213 Å². The topological polar surface area (TPSA) is 63.1 Å². The third kappa shape index (κ3) is 6.31. The highest BCUT2D eigenvalue weighted by Crippen LogP contribution is 2.37. The molecular weight excluding hydrogens is 460 g/mol. The largest absolute Gasteiger partial charge is 0.349 e. The smallest absolute Gasteiger partial charge is 0.248 e. The van der Waals surface area contributed by atoms with E-state index in [0.717, 1.165) is 49.6 Å². The first-order valence-electron chi connectivity index (χ1n) is 13.5. The Balaban J connectivity index is 1.38. The van der Waals surface area contributed by atoms with Crippen LogP contribution in [0.3, 0.4) is 0 Å². The molecule has 198 valence electrons. The molecular formula is C28H41F2N5O. The maximum absolute atomic E-state index is 13.6. The third-order valence-electron chi connectivity index (χ3n) is 8.08. The Morgan fingerprint density at radius 2 is 1.69 bits per heavy atom. The summed E-state index contributed by atoms with van der Waals surface area (Å²) in [7, 11) is 0. The highest BCUT2D eigenvalue weighted by molar-refractivity contribution is 5.79. The number of piperidine rings is 1. The van der Waals surface area contributed by atoms with E-state index < -0.39 is 5.92 Å². The van der Waals surface area contributed by atoms with E-state index in [9.17, 15) is 13.6 Å². The summed E-state index contributed by atoms with van der Waals surface area (Å²) in [4.78, 5) is 15.6. The lowest BCUT2D eigenvalue weighted by Gasteiger charge is -2.38. The number of hydrogen-bond donors (Lipinski definition) is 1. The van der Waals surface area contributed by atoms with Gasteiger partial charge < -0.3 is 14.8 Å². The molecule has 8 heteroatoms. The first kappa shape index (κ1) is 26.7. The van der Waals surface area contributed by atoms with Crippen molar-refractivity contribution in [1.29, 1.82) is 0 Å². The Hall–Kier alpha value is -2.35. The normalized spacial score (nSPS) is 21.4. The summed E-state index contributed by atoms with van der Waals surface area (Å²) in [5.74, 6) is -0.659. The zero-order valence-electron chi connectivity index (χ0n) is 22.1. The summed E-state index contributed by atoms with van der Waals surface area (Å²) in [6.45, 7) is 10.5. The SMILES string of the molecule is Cc1nnc(C(C)C)n1C1CCN(C(C)C[C@H](NC(=O)C2CCC(F)(F)CC2)c2ccccc2)CC1. The molecule has 2 aromatic rings. The first-order valence-corrected chi connectivity index (χ1v) is 13.5. The van der Waals surface area contributed by atoms with Crippen LogP contribution in [-0.2, 0) is 4.79 Å². The maximum atomic E-state index is 13.6. The number of nitrogens with zero attached hydrogens (tertiary/aromatic N) is 4. The Morgan fingerprint density at radius 1 is 1.06 bits per heavy atom. The zero-order chi connectivity index (χ0) is 25.9. The molecule has 0 radical (unpaired) electrons. The fraction of sp³-hybridized carbons (Fsp3) is 0.679. The number of alkyl halides is 2. The predicted octanol–water partition coefficient (Wildman–Crippen LogP) is 5.81. The second kappa shape index (κ2) is 11.4. The van der Waals surface area contributed by atoms with Crippen molar-refractivity contribution in [2.45, 2.75) is 103 Å². The van der Waals surface area contributed by atoms with Gasteiger partial charge in [0.15, 0.2) is 0 Å². The van der Waals surface area contributed by atoms with Gasteiger partial charge in [-0.15, -0.1) is 10.2 Å². The van der Waals surface area contributed by atoms with Gasteiger partial charge in [0.1, 0.15) is 11.6 Å². The molecule has 2 heterocycles. The quantitative estimate of drug-likeness (QED) is 0.496.